The number of nitrogens with zero attached hydrogens (tertiary/aromatic N) is 3. The molecule has 1 fully saturated rings. The molecule has 29 heavy (non-hydrogen) atoms. The zero-order valence-corrected chi connectivity index (χ0v) is 17.6. The quantitative estimate of drug-likeness (QED) is 0.658. The monoisotopic (exact) mass is 420 g/mol. The van der Waals surface area contributed by atoms with Gasteiger partial charge in [-0.2, -0.15) is 4.31 Å². The van der Waals surface area contributed by atoms with Crippen LogP contribution in [0.15, 0.2) is 47.9 Å². The topological polar surface area (TPSA) is 93.5 Å². The van der Waals surface area contributed by atoms with Crippen LogP contribution in [-0.2, 0) is 21.3 Å². The van der Waals surface area contributed by atoms with Gasteiger partial charge in [0.1, 0.15) is 0 Å². The molecule has 9 heteroatoms. The smallest absolute Gasteiger partial charge is 0.251 e. The molecule has 0 spiro atoms. The van der Waals surface area contributed by atoms with Crippen molar-refractivity contribution >= 4 is 15.9 Å². The molecule has 1 aromatic heterocycles. The van der Waals surface area contributed by atoms with Crippen molar-refractivity contribution in [2.24, 2.45) is 0 Å². The van der Waals surface area contributed by atoms with Crippen molar-refractivity contribution in [2.75, 3.05) is 19.6 Å². The summed E-state index contributed by atoms with van der Waals surface area (Å²) in [5.41, 5.74) is 0.343. The van der Waals surface area contributed by atoms with E-state index in [0.29, 0.717) is 25.2 Å². The summed E-state index contributed by atoms with van der Waals surface area (Å²) in [6.07, 6.45) is 6.82. The molecule has 2 heterocycles. The van der Waals surface area contributed by atoms with E-state index in [0.717, 1.165) is 19.4 Å². The lowest BCUT2D eigenvalue weighted by Gasteiger charge is -2.34. The van der Waals surface area contributed by atoms with Gasteiger partial charge in [-0.1, -0.05) is 6.07 Å². The number of imidazole rings is 1. The first kappa shape index (κ1) is 21.5. The second-order valence-corrected chi connectivity index (χ2v) is 9.31. The van der Waals surface area contributed by atoms with Crippen molar-refractivity contribution in [3.8, 4) is 0 Å². The molecule has 0 radical (unpaired) electrons. The maximum Gasteiger partial charge on any atom is 0.251 e. The number of ether oxygens (including phenoxy) is 1. The van der Waals surface area contributed by atoms with Gasteiger partial charge in [0, 0.05) is 44.1 Å². The summed E-state index contributed by atoms with van der Waals surface area (Å²) in [6, 6.07) is 6.21. The number of aryl methyl sites for hydroxylation is 1. The van der Waals surface area contributed by atoms with Gasteiger partial charge >= 0.3 is 0 Å². The molecule has 1 aliphatic rings. The van der Waals surface area contributed by atoms with E-state index in [1.54, 1.807) is 24.7 Å². The van der Waals surface area contributed by atoms with Crippen molar-refractivity contribution < 1.29 is 17.9 Å². The van der Waals surface area contributed by atoms with Crippen LogP contribution in [0.25, 0.3) is 0 Å². The van der Waals surface area contributed by atoms with E-state index < -0.39 is 10.0 Å². The minimum absolute atomic E-state index is 0.131. The average molecular weight is 421 g/mol. The predicted molar refractivity (Wildman–Crippen MR) is 109 cm³/mol. The van der Waals surface area contributed by atoms with Gasteiger partial charge in [-0.3, -0.25) is 4.79 Å². The SMILES string of the molecule is CC1CN(S(=O)(=O)c2cccc(C(=O)NCCCCn3ccnc3)c2)CC(C)O1. The fraction of sp³-hybridized carbons (Fsp3) is 0.500. The second-order valence-electron chi connectivity index (χ2n) is 7.37. The Morgan fingerprint density at radius 3 is 2.69 bits per heavy atom. The Hall–Kier alpha value is -2.23. The van der Waals surface area contributed by atoms with Crippen LogP contribution < -0.4 is 5.32 Å². The normalized spacial score (nSPS) is 20.5. The summed E-state index contributed by atoms with van der Waals surface area (Å²) in [5, 5.41) is 2.86. The highest BCUT2D eigenvalue weighted by Gasteiger charge is 2.32. The molecule has 0 aliphatic carbocycles. The third kappa shape index (κ3) is 5.65. The number of sulfonamides is 1. The molecule has 1 amide bonds. The highest BCUT2D eigenvalue weighted by atomic mass is 32.2. The van der Waals surface area contributed by atoms with Crippen LogP contribution in [0.5, 0.6) is 0 Å². The summed E-state index contributed by atoms with van der Waals surface area (Å²) in [5.74, 6) is -0.270. The fourth-order valence-electron chi connectivity index (χ4n) is 3.42. The van der Waals surface area contributed by atoms with Gasteiger partial charge < -0.3 is 14.6 Å². The molecule has 0 bridgehead atoms. The van der Waals surface area contributed by atoms with Crippen molar-refractivity contribution in [2.45, 2.75) is 50.3 Å². The lowest BCUT2D eigenvalue weighted by atomic mass is 10.2. The Bertz CT molecular complexity index is 904. The minimum Gasteiger partial charge on any atom is -0.373 e. The van der Waals surface area contributed by atoms with E-state index in [1.165, 1.54) is 16.4 Å². The maximum atomic E-state index is 13.0. The van der Waals surface area contributed by atoms with E-state index in [-0.39, 0.29) is 23.0 Å². The molecule has 158 valence electrons. The Balaban J connectivity index is 1.57. The number of benzene rings is 1. The standard InChI is InChI=1S/C20H28N4O4S/c1-16-13-24(14-17(2)28-16)29(26,27)19-7-5-6-18(12-19)20(25)22-8-3-4-10-23-11-9-21-15-23/h5-7,9,11-12,15-17H,3-4,8,10,13-14H2,1-2H3,(H,22,25). The number of amides is 1. The molecule has 1 N–H and O–H groups in total. The molecule has 3 rings (SSSR count). The Morgan fingerprint density at radius 1 is 1.24 bits per heavy atom. The lowest BCUT2D eigenvalue weighted by Crippen LogP contribution is -2.48. The van der Waals surface area contributed by atoms with Gasteiger partial charge in [0.15, 0.2) is 0 Å². The van der Waals surface area contributed by atoms with Crippen LogP contribution in [0.4, 0.5) is 0 Å². The first-order chi connectivity index (χ1) is 13.9. The van der Waals surface area contributed by atoms with Crippen LogP contribution in [-0.4, -0.2) is 60.0 Å². The molecule has 1 saturated heterocycles. The van der Waals surface area contributed by atoms with Crippen LogP contribution in [0.3, 0.4) is 0 Å². The van der Waals surface area contributed by atoms with Crippen molar-refractivity contribution in [3.05, 3.63) is 48.5 Å². The highest BCUT2D eigenvalue weighted by molar-refractivity contribution is 7.89. The third-order valence-corrected chi connectivity index (χ3v) is 6.64. The second kappa shape index (κ2) is 9.51. The summed E-state index contributed by atoms with van der Waals surface area (Å²) >= 11 is 0. The number of rotatable bonds is 8. The number of carbonyl (C=O) groups is 1. The zero-order chi connectivity index (χ0) is 20.9. The Labute approximate surface area is 171 Å². The van der Waals surface area contributed by atoms with Gasteiger partial charge in [0.05, 0.1) is 23.4 Å². The van der Waals surface area contributed by atoms with Crippen molar-refractivity contribution in [3.63, 3.8) is 0 Å². The number of hydrogen-bond donors (Lipinski definition) is 1. The summed E-state index contributed by atoms with van der Waals surface area (Å²) in [7, 11) is -3.67. The van der Waals surface area contributed by atoms with E-state index in [4.69, 9.17) is 4.74 Å². The van der Waals surface area contributed by atoms with Crippen LogP contribution in [0, 0.1) is 0 Å². The molecule has 1 aliphatic heterocycles. The highest BCUT2D eigenvalue weighted by Crippen LogP contribution is 2.22. The van der Waals surface area contributed by atoms with Gasteiger partial charge in [0.25, 0.3) is 5.91 Å². The van der Waals surface area contributed by atoms with E-state index in [2.05, 4.69) is 10.3 Å². The maximum absolute atomic E-state index is 13.0. The lowest BCUT2D eigenvalue weighted by molar-refractivity contribution is -0.0440. The van der Waals surface area contributed by atoms with Gasteiger partial charge in [-0.15, -0.1) is 0 Å². The van der Waals surface area contributed by atoms with E-state index in [1.807, 2.05) is 24.6 Å². The molecular weight excluding hydrogens is 392 g/mol. The minimum atomic E-state index is -3.67. The first-order valence-corrected chi connectivity index (χ1v) is 11.3. The summed E-state index contributed by atoms with van der Waals surface area (Å²) in [4.78, 5) is 16.6. The summed E-state index contributed by atoms with van der Waals surface area (Å²) < 4.78 is 35.0. The molecule has 2 atom stereocenters. The van der Waals surface area contributed by atoms with Crippen molar-refractivity contribution in [1.29, 1.82) is 0 Å². The van der Waals surface area contributed by atoms with Gasteiger partial charge in [-0.05, 0) is 44.9 Å². The Kier molecular flexibility index (Phi) is 7.05. The molecule has 8 nitrogen and oxygen atoms in total. The number of morpholine rings is 1. The molecule has 1 aromatic carbocycles. The van der Waals surface area contributed by atoms with Crippen LogP contribution in [0.2, 0.25) is 0 Å². The zero-order valence-electron chi connectivity index (χ0n) is 16.8. The predicted octanol–water partition coefficient (Wildman–Crippen LogP) is 1.89. The molecule has 0 saturated carbocycles. The molecule has 2 unspecified atom stereocenters. The van der Waals surface area contributed by atoms with Crippen LogP contribution >= 0.6 is 0 Å². The third-order valence-electron chi connectivity index (χ3n) is 4.81. The number of nitrogens with one attached hydrogen (secondary N) is 1. The number of unbranched alkanes of at least 4 members (excludes halogenated alkanes) is 1. The molecule has 2 aromatic rings. The summed E-state index contributed by atoms with van der Waals surface area (Å²) in [6.45, 7) is 5.70. The van der Waals surface area contributed by atoms with Crippen molar-refractivity contribution in [1.82, 2.24) is 19.2 Å². The number of carbonyl (C=O) groups excluding carboxylic acids is 1. The largest absolute Gasteiger partial charge is 0.373 e. The van der Waals surface area contributed by atoms with E-state index >= 15 is 0 Å². The van der Waals surface area contributed by atoms with Gasteiger partial charge in [-0.25, -0.2) is 13.4 Å². The van der Waals surface area contributed by atoms with Gasteiger partial charge in [0.2, 0.25) is 10.0 Å². The first-order valence-electron chi connectivity index (χ1n) is 9.86. The Morgan fingerprint density at radius 2 is 2.00 bits per heavy atom. The number of hydrogen-bond acceptors (Lipinski definition) is 5. The van der Waals surface area contributed by atoms with Crippen LogP contribution in [0.1, 0.15) is 37.0 Å². The van der Waals surface area contributed by atoms with E-state index in [9.17, 15) is 13.2 Å². The fourth-order valence-corrected chi connectivity index (χ4v) is 5.05. The molecular formula is C20H28N4O4S. The number of aromatic nitrogens is 2. The average Bonchev–Trinajstić information content (AvgIpc) is 3.20.